The lowest BCUT2D eigenvalue weighted by molar-refractivity contribution is 1.08. The molecule has 1 atom stereocenters. The van der Waals surface area contributed by atoms with E-state index in [1.165, 1.54) is 5.56 Å². The fourth-order valence-electron chi connectivity index (χ4n) is 1.30. The van der Waals surface area contributed by atoms with Crippen LogP contribution in [0.15, 0.2) is 27.7 Å². The van der Waals surface area contributed by atoms with Crippen LogP contribution in [0, 0.1) is 0 Å². The Morgan fingerprint density at radius 2 is 2.27 bits per heavy atom. The van der Waals surface area contributed by atoms with Gasteiger partial charge in [0.2, 0.25) is 0 Å². The summed E-state index contributed by atoms with van der Waals surface area (Å²) in [7, 11) is 0. The van der Waals surface area contributed by atoms with Gasteiger partial charge in [-0.2, -0.15) is 0 Å². The van der Waals surface area contributed by atoms with Gasteiger partial charge in [0.15, 0.2) is 0 Å². The Hall–Kier alpha value is -0.630. The summed E-state index contributed by atoms with van der Waals surface area (Å²) in [6.45, 7) is 2.15. The third-order valence-electron chi connectivity index (χ3n) is 1.94. The van der Waals surface area contributed by atoms with E-state index in [4.69, 9.17) is 0 Å². The number of halogens is 1. The highest BCUT2D eigenvalue weighted by atomic mass is 79.9. The van der Waals surface area contributed by atoms with Gasteiger partial charge in [-0.3, -0.25) is 4.99 Å². The minimum absolute atomic E-state index is 0.475. The lowest BCUT2D eigenvalue weighted by Gasteiger charge is -2.02. The van der Waals surface area contributed by atoms with Crippen LogP contribution in [-0.2, 0) is 0 Å². The van der Waals surface area contributed by atoms with Crippen LogP contribution in [0.3, 0.4) is 0 Å². The Balaban J connectivity index is 2.65. The number of hydrogen-bond donors (Lipinski definition) is 0. The van der Waals surface area contributed by atoms with Gasteiger partial charge in [-0.1, -0.05) is 19.1 Å². The quantitative estimate of drug-likeness (QED) is 0.623. The Bertz CT molecular complexity index is 317. The topological polar surface area (TPSA) is 12.4 Å². The third kappa shape index (κ3) is 1.02. The van der Waals surface area contributed by atoms with Gasteiger partial charge in [0.25, 0.3) is 0 Å². The molecule has 0 saturated heterocycles. The van der Waals surface area contributed by atoms with E-state index in [9.17, 15) is 0 Å². The molecule has 1 aliphatic heterocycles. The van der Waals surface area contributed by atoms with Crippen molar-refractivity contribution in [2.75, 3.05) is 0 Å². The molecule has 0 saturated carbocycles. The maximum absolute atomic E-state index is 4.31. The molecule has 0 bridgehead atoms. The van der Waals surface area contributed by atoms with Crippen molar-refractivity contribution < 1.29 is 0 Å². The van der Waals surface area contributed by atoms with Crippen LogP contribution in [0.5, 0.6) is 0 Å². The molecule has 0 amide bonds. The Kier molecular flexibility index (Phi) is 1.57. The zero-order valence-electron chi connectivity index (χ0n) is 6.21. The molecule has 2 rings (SSSR count). The first-order valence-electron chi connectivity index (χ1n) is 3.61. The maximum atomic E-state index is 4.31. The predicted molar refractivity (Wildman–Crippen MR) is 50.7 cm³/mol. The summed E-state index contributed by atoms with van der Waals surface area (Å²) in [5, 5.41) is 0. The fraction of sp³-hybridized carbons (Fsp3) is 0.222. The monoisotopic (exact) mass is 209 g/mol. The van der Waals surface area contributed by atoms with Gasteiger partial charge < -0.3 is 0 Å². The zero-order valence-corrected chi connectivity index (χ0v) is 7.80. The van der Waals surface area contributed by atoms with Crippen molar-refractivity contribution in [2.45, 2.75) is 12.8 Å². The summed E-state index contributed by atoms with van der Waals surface area (Å²) in [6.07, 6.45) is 1.98. The number of benzene rings is 1. The minimum atomic E-state index is 0.475. The number of hydrogen-bond acceptors (Lipinski definition) is 1. The summed E-state index contributed by atoms with van der Waals surface area (Å²) in [4.78, 5) is 4.31. The predicted octanol–water partition coefficient (Wildman–Crippen LogP) is 3.27. The molecule has 0 fully saturated rings. The molecule has 0 aromatic heterocycles. The van der Waals surface area contributed by atoms with E-state index in [0.717, 1.165) is 10.2 Å². The van der Waals surface area contributed by atoms with Gasteiger partial charge in [-0.05, 0) is 27.6 Å². The van der Waals surface area contributed by atoms with Crippen molar-refractivity contribution >= 4 is 27.8 Å². The molecule has 0 radical (unpaired) electrons. The summed E-state index contributed by atoms with van der Waals surface area (Å²) in [5.41, 5.74) is 2.42. The average Bonchev–Trinajstić information content (AvgIpc) is 2.35. The molecule has 2 heteroatoms. The molecule has 1 aliphatic rings. The zero-order chi connectivity index (χ0) is 7.84. The molecule has 1 aromatic rings. The van der Waals surface area contributed by atoms with E-state index >= 15 is 0 Å². The highest BCUT2D eigenvalue weighted by molar-refractivity contribution is 9.10. The lowest BCUT2D eigenvalue weighted by Crippen LogP contribution is -1.86. The Labute approximate surface area is 74.3 Å². The molecule has 1 aromatic carbocycles. The number of fused-ring (bicyclic) bond motifs is 1. The summed E-state index contributed by atoms with van der Waals surface area (Å²) in [5.74, 6) is 0.475. The maximum Gasteiger partial charge on any atom is 0.0806 e. The van der Waals surface area contributed by atoms with Crippen molar-refractivity contribution in [1.29, 1.82) is 0 Å². The summed E-state index contributed by atoms with van der Waals surface area (Å²) < 4.78 is 1.09. The number of aliphatic imine (C=N–C) groups is 1. The molecule has 0 aliphatic carbocycles. The first-order valence-corrected chi connectivity index (χ1v) is 4.41. The van der Waals surface area contributed by atoms with Crippen LogP contribution in [0.25, 0.3) is 0 Å². The normalized spacial score (nSPS) is 20.4. The second kappa shape index (κ2) is 2.45. The molecule has 1 heterocycles. The smallest absolute Gasteiger partial charge is 0.0806 e. The van der Waals surface area contributed by atoms with Crippen molar-refractivity contribution in [3.05, 3.63) is 28.2 Å². The van der Waals surface area contributed by atoms with Crippen LogP contribution in [0.2, 0.25) is 0 Å². The van der Waals surface area contributed by atoms with E-state index in [1.807, 2.05) is 18.3 Å². The molecule has 1 nitrogen and oxygen atoms in total. The SMILES string of the molecule is CC1C=Nc2c(Br)cccc21. The first kappa shape index (κ1) is 7.04. The number of nitrogens with zero attached hydrogens (tertiary/aromatic N) is 1. The average molecular weight is 210 g/mol. The molecule has 56 valence electrons. The molecular weight excluding hydrogens is 202 g/mol. The van der Waals surface area contributed by atoms with Gasteiger partial charge >= 0.3 is 0 Å². The molecule has 0 spiro atoms. The molecule has 11 heavy (non-hydrogen) atoms. The molecule has 0 N–H and O–H groups in total. The van der Waals surface area contributed by atoms with Crippen molar-refractivity contribution in [1.82, 2.24) is 0 Å². The Morgan fingerprint density at radius 3 is 3.00 bits per heavy atom. The Morgan fingerprint density at radius 1 is 1.45 bits per heavy atom. The highest BCUT2D eigenvalue weighted by Gasteiger charge is 2.15. The van der Waals surface area contributed by atoms with E-state index in [2.05, 4.69) is 33.9 Å². The summed E-state index contributed by atoms with van der Waals surface area (Å²) >= 11 is 3.46. The number of rotatable bonds is 0. The van der Waals surface area contributed by atoms with Gasteiger partial charge in [0, 0.05) is 16.6 Å². The fourth-order valence-corrected chi connectivity index (χ4v) is 1.79. The van der Waals surface area contributed by atoms with Crippen LogP contribution >= 0.6 is 15.9 Å². The first-order chi connectivity index (χ1) is 5.29. The van der Waals surface area contributed by atoms with E-state index in [1.54, 1.807) is 0 Å². The number of para-hydroxylation sites is 1. The van der Waals surface area contributed by atoms with E-state index in [0.29, 0.717) is 5.92 Å². The summed E-state index contributed by atoms with van der Waals surface area (Å²) in [6, 6.07) is 6.19. The minimum Gasteiger partial charge on any atom is -0.259 e. The van der Waals surface area contributed by atoms with Gasteiger partial charge in [0.05, 0.1) is 5.69 Å². The largest absolute Gasteiger partial charge is 0.259 e. The van der Waals surface area contributed by atoms with Crippen LogP contribution < -0.4 is 0 Å². The van der Waals surface area contributed by atoms with Crippen molar-refractivity contribution in [2.24, 2.45) is 4.99 Å². The van der Waals surface area contributed by atoms with E-state index in [-0.39, 0.29) is 0 Å². The van der Waals surface area contributed by atoms with Crippen molar-refractivity contribution in [3.8, 4) is 0 Å². The van der Waals surface area contributed by atoms with Gasteiger partial charge in [0.1, 0.15) is 0 Å². The van der Waals surface area contributed by atoms with Crippen LogP contribution in [-0.4, -0.2) is 6.21 Å². The van der Waals surface area contributed by atoms with Gasteiger partial charge in [-0.25, -0.2) is 0 Å². The van der Waals surface area contributed by atoms with Crippen LogP contribution in [0.1, 0.15) is 18.4 Å². The highest BCUT2D eigenvalue weighted by Crippen LogP contribution is 2.37. The van der Waals surface area contributed by atoms with Crippen molar-refractivity contribution in [3.63, 3.8) is 0 Å². The second-order valence-electron chi connectivity index (χ2n) is 2.74. The molecule has 1 unspecified atom stereocenters. The van der Waals surface area contributed by atoms with E-state index < -0.39 is 0 Å². The third-order valence-corrected chi connectivity index (χ3v) is 2.58. The molecular formula is C9H8BrN. The van der Waals surface area contributed by atoms with Gasteiger partial charge in [-0.15, -0.1) is 0 Å². The second-order valence-corrected chi connectivity index (χ2v) is 3.60. The standard InChI is InChI=1S/C9H8BrN/c1-6-5-11-9-7(6)3-2-4-8(9)10/h2-6H,1H3. The van der Waals surface area contributed by atoms with Crippen LogP contribution in [0.4, 0.5) is 5.69 Å². The lowest BCUT2D eigenvalue weighted by atomic mass is 10.0.